The molecule has 0 aliphatic heterocycles. The summed E-state index contributed by atoms with van der Waals surface area (Å²) in [5.41, 5.74) is 2.74. The Bertz CT molecular complexity index is 612. The summed E-state index contributed by atoms with van der Waals surface area (Å²) >= 11 is 5.22. The van der Waals surface area contributed by atoms with Crippen LogP contribution in [0.4, 0.5) is 5.69 Å². The lowest BCUT2D eigenvalue weighted by molar-refractivity contribution is -0.136. The maximum absolute atomic E-state index is 10.6. The minimum Gasteiger partial charge on any atom is -0.481 e. The van der Waals surface area contributed by atoms with Crippen LogP contribution >= 0.6 is 12.2 Å². The van der Waals surface area contributed by atoms with Gasteiger partial charge in [0, 0.05) is 12.2 Å². The van der Waals surface area contributed by atoms with E-state index in [0.29, 0.717) is 11.7 Å². The summed E-state index contributed by atoms with van der Waals surface area (Å²) in [6.07, 6.45) is 0.0248. The summed E-state index contributed by atoms with van der Waals surface area (Å²) in [7, 11) is 0. The predicted octanol–water partition coefficient (Wildman–Crippen LogP) is 2.80. The van der Waals surface area contributed by atoms with Gasteiger partial charge in [0.15, 0.2) is 5.11 Å². The normalized spacial score (nSPS) is 9.90. The highest BCUT2D eigenvalue weighted by Gasteiger charge is 2.01. The second-order valence-corrected chi connectivity index (χ2v) is 4.97. The van der Waals surface area contributed by atoms with E-state index in [0.717, 1.165) is 16.8 Å². The Labute approximate surface area is 128 Å². The first-order valence-corrected chi connectivity index (χ1v) is 6.94. The third kappa shape index (κ3) is 5.24. The maximum atomic E-state index is 10.6. The van der Waals surface area contributed by atoms with E-state index in [1.807, 2.05) is 42.5 Å². The van der Waals surface area contributed by atoms with Gasteiger partial charge in [-0.2, -0.15) is 0 Å². The molecule has 0 bridgehead atoms. The van der Waals surface area contributed by atoms with Crippen LogP contribution in [0.3, 0.4) is 0 Å². The molecule has 0 unspecified atom stereocenters. The van der Waals surface area contributed by atoms with Gasteiger partial charge >= 0.3 is 5.97 Å². The number of rotatable bonds is 5. The number of hydrogen-bond donors (Lipinski definition) is 3. The van der Waals surface area contributed by atoms with Gasteiger partial charge in [-0.05, 0) is 35.5 Å². The third-order valence-electron chi connectivity index (χ3n) is 2.86. The molecule has 0 heterocycles. The summed E-state index contributed by atoms with van der Waals surface area (Å²) in [6.45, 7) is 0.657. The van der Waals surface area contributed by atoms with Gasteiger partial charge in [0.2, 0.25) is 0 Å². The Morgan fingerprint density at radius 3 is 2.29 bits per heavy atom. The van der Waals surface area contributed by atoms with Crippen molar-refractivity contribution >= 4 is 29.0 Å². The van der Waals surface area contributed by atoms with Crippen molar-refractivity contribution in [2.24, 2.45) is 0 Å². The Hall–Kier alpha value is -2.40. The number of carboxylic acid groups (broad SMARTS) is 1. The van der Waals surface area contributed by atoms with Crippen molar-refractivity contribution in [3.63, 3.8) is 0 Å². The van der Waals surface area contributed by atoms with E-state index in [9.17, 15) is 4.79 Å². The van der Waals surface area contributed by atoms with Crippen LogP contribution in [-0.4, -0.2) is 16.2 Å². The molecule has 3 N–H and O–H groups in total. The first kappa shape index (κ1) is 15.0. The predicted molar refractivity (Wildman–Crippen MR) is 87.3 cm³/mol. The van der Waals surface area contributed by atoms with E-state index in [4.69, 9.17) is 17.3 Å². The van der Waals surface area contributed by atoms with Gasteiger partial charge in [-0.3, -0.25) is 4.79 Å². The molecule has 108 valence electrons. The molecule has 5 heteroatoms. The zero-order valence-electron chi connectivity index (χ0n) is 11.4. The van der Waals surface area contributed by atoms with E-state index in [2.05, 4.69) is 10.6 Å². The van der Waals surface area contributed by atoms with Crippen molar-refractivity contribution in [3.05, 3.63) is 65.7 Å². The molecule has 0 aromatic heterocycles. The monoisotopic (exact) mass is 300 g/mol. The number of carboxylic acids is 1. The van der Waals surface area contributed by atoms with Crippen molar-refractivity contribution < 1.29 is 9.90 Å². The second-order valence-electron chi connectivity index (χ2n) is 4.56. The SMILES string of the molecule is O=C(O)Cc1ccc(NC(=S)NCc2ccccc2)cc1. The largest absolute Gasteiger partial charge is 0.481 e. The fraction of sp³-hybridized carbons (Fsp3) is 0.125. The van der Waals surface area contributed by atoms with Gasteiger partial charge in [0.25, 0.3) is 0 Å². The van der Waals surface area contributed by atoms with Crippen LogP contribution in [0.25, 0.3) is 0 Å². The fourth-order valence-electron chi connectivity index (χ4n) is 1.83. The first-order chi connectivity index (χ1) is 10.1. The molecular weight excluding hydrogens is 284 g/mol. The number of carbonyl (C=O) groups is 1. The molecule has 0 atom stereocenters. The Morgan fingerprint density at radius 1 is 1.00 bits per heavy atom. The molecule has 0 spiro atoms. The van der Waals surface area contributed by atoms with Crippen LogP contribution in [0.5, 0.6) is 0 Å². The first-order valence-electron chi connectivity index (χ1n) is 6.53. The van der Waals surface area contributed by atoms with Crippen LogP contribution in [0.2, 0.25) is 0 Å². The molecule has 2 aromatic rings. The lowest BCUT2D eigenvalue weighted by atomic mass is 10.1. The summed E-state index contributed by atoms with van der Waals surface area (Å²) < 4.78 is 0. The quantitative estimate of drug-likeness (QED) is 0.741. The van der Waals surface area contributed by atoms with Gasteiger partial charge in [0.1, 0.15) is 0 Å². The van der Waals surface area contributed by atoms with Gasteiger partial charge in [-0.1, -0.05) is 42.5 Å². The highest BCUT2D eigenvalue weighted by molar-refractivity contribution is 7.80. The molecule has 0 amide bonds. The summed E-state index contributed by atoms with van der Waals surface area (Å²) in [5.74, 6) is -0.837. The zero-order valence-corrected chi connectivity index (χ0v) is 12.2. The number of anilines is 1. The van der Waals surface area contributed by atoms with Crippen molar-refractivity contribution in [3.8, 4) is 0 Å². The van der Waals surface area contributed by atoms with Gasteiger partial charge in [0.05, 0.1) is 6.42 Å². The molecule has 2 rings (SSSR count). The molecule has 0 aliphatic carbocycles. The second kappa shape index (κ2) is 7.40. The zero-order chi connectivity index (χ0) is 15.1. The van der Waals surface area contributed by atoms with E-state index in [1.54, 1.807) is 12.1 Å². The lowest BCUT2D eigenvalue weighted by Crippen LogP contribution is -2.27. The molecular formula is C16H16N2O2S. The average molecular weight is 300 g/mol. The minimum atomic E-state index is -0.837. The van der Waals surface area contributed by atoms with E-state index < -0.39 is 5.97 Å². The van der Waals surface area contributed by atoms with Crippen molar-refractivity contribution in [2.45, 2.75) is 13.0 Å². The van der Waals surface area contributed by atoms with Gasteiger partial charge in [-0.15, -0.1) is 0 Å². The minimum absolute atomic E-state index is 0.0248. The molecule has 0 aliphatic rings. The van der Waals surface area contributed by atoms with Crippen LogP contribution in [0.15, 0.2) is 54.6 Å². The molecule has 0 saturated carbocycles. The number of aliphatic carboxylic acids is 1. The number of nitrogens with one attached hydrogen (secondary N) is 2. The number of thiocarbonyl (C=S) groups is 1. The topological polar surface area (TPSA) is 61.4 Å². The average Bonchev–Trinajstić information content (AvgIpc) is 2.48. The lowest BCUT2D eigenvalue weighted by Gasteiger charge is -2.11. The summed E-state index contributed by atoms with van der Waals surface area (Å²) in [5, 5.41) is 15.4. The van der Waals surface area contributed by atoms with E-state index in [1.165, 1.54) is 0 Å². The standard InChI is InChI=1S/C16H16N2O2S/c19-15(20)10-12-6-8-14(9-7-12)18-16(21)17-11-13-4-2-1-3-5-13/h1-9H,10-11H2,(H,19,20)(H2,17,18,21). The van der Waals surface area contributed by atoms with Crippen LogP contribution in [0, 0.1) is 0 Å². The molecule has 4 nitrogen and oxygen atoms in total. The van der Waals surface area contributed by atoms with E-state index in [-0.39, 0.29) is 6.42 Å². The van der Waals surface area contributed by atoms with Crippen LogP contribution in [-0.2, 0) is 17.8 Å². The molecule has 0 saturated heterocycles. The van der Waals surface area contributed by atoms with E-state index >= 15 is 0 Å². The van der Waals surface area contributed by atoms with Crippen molar-refractivity contribution in [1.82, 2.24) is 5.32 Å². The summed E-state index contributed by atoms with van der Waals surface area (Å²) in [4.78, 5) is 10.6. The van der Waals surface area contributed by atoms with Gasteiger partial charge < -0.3 is 15.7 Å². The summed E-state index contributed by atoms with van der Waals surface area (Å²) in [6, 6.07) is 17.2. The third-order valence-corrected chi connectivity index (χ3v) is 3.11. The highest BCUT2D eigenvalue weighted by Crippen LogP contribution is 2.10. The highest BCUT2D eigenvalue weighted by atomic mass is 32.1. The smallest absolute Gasteiger partial charge is 0.307 e. The number of benzene rings is 2. The van der Waals surface area contributed by atoms with Crippen LogP contribution in [0.1, 0.15) is 11.1 Å². The Morgan fingerprint density at radius 2 is 1.67 bits per heavy atom. The molecule has 21 heavy (non-hydrogen) atoms. The molecule has 0 radical (unpaired) electrons. The molecule has 2 aromatic carbocycles. The molecule has 0 fully saturated rings. The Kier molecular flexibility index (Phi) is 5.29. The maximum Gasteiger partial charge on any atom is 0.307 e. The van der Waals surface area contributed by atoms with Gasteiger partial charge in [-0.25, -0.2) is 0 Å². The fourth-order valence-corrected chi connectivity index (χ4v) is 2.02. The van der Waals surface area contributed by atoms with Crippen LogP contribution < -0.4 is 10.6 Å². The Balaban J connectivity index is 1.83. The van der Waals surface area contributed by atoms with Crippen molar-refractivity contribution in [1.29, 1.82) is 0 Å². The van der Waals surface area contributed by atoms with Crippen molar-refractivity contribution in [2.75, 3.05) is 5.32 Å². The number of hydrogen-bond acceptors (Lipinski definition) is 2.